The third kappa shape index (κ3) is 2.35. The summed E-state index contributed by atoms with van der Waals surface area (Å²) >= 11 is 0. The van der Waals surface area contributed by atoms with E-state index in [4.69, 9.17) is 19.9 Å². The first-order chi connectivity index (χ1) is 8.03. The van der Waals surface area contributed by atoms with Gasteiger partial charge in [0.05, 0.1) is 19.8 Å². The Kier molecular flexibility index (Phi) is 4.31. The van der Waals surface area contributed by atoms with Crippen LogP contribution in [0.1, 0.15) is 12.5 Å². The number of halogens is 1. The summed E-state index contributed by atoms with van der Waals surface area (Å²) < 4.78 is 29.3. The topological polar surface area (TPSA) is 53.7 Å². The largest absolute Gasteiger partial charge is 0.496 e. The second-order valence-electron chi connectivity index (χ2n) is 3.80. The Balaban J connectivity index is 3.51. The van der Waals surface area contributed by atoms with Gasteiger partial charge in [0.15, 0.2) is 11.6 Å². The lowest BCUT2D eigenvalue weighted by atomic mass is 9.93. The summed E-state index contributed by atoms with van der Waals surface area (Å²) in [7, 11) is 4.41. The van der Waals surface area contributed by atoms with Gasteiger partial charge in [0.25, 0.3) is 0 Å². The molecule has 1 aromatic rings. The van der Waals surface area contributed by atoms with Crippen molar-refractivity contribution in [3.8, 4) is 11.5 Å². The van der Waals surface area contributed by atoms with E-state index in [9.17, 15) is 4.39 Å². The van der Waals surface area contributed by atoms with E-state index in [0.29, 0.717) is 11.3 Å². The molecule has 0 amide bonds. The quantitative estimate of drug-likeness (QED) is 0.854. The Hall–Kier alpha value is -1.33. The average molecular weight is 243 g/mol. The average Bonchev–Trinajstić information content (AvgIpc) is 2.37. The van der Waals surface area contributed by atoms with E-state index < -0.39 is 11.4 Å². The molecule has 0 bridgehead atoms. The molecule has 17 heavy (non-hydrogen) atoms. The Labute approximate surface area is 100 Å². The van der Waals surface area contributed by atoms with Crippen LogP contribution in [-0.2, 0) is 10.3 Å². The van der Waals surface area contributed by atoms with Crippen LogP contribution in [0.2, 0.25) is 0 Å². The first-order valence-corrected chi connectivity index (χ1v) is 5.20. The van der Waals surface area contributed by atoms with Gasteiger partial charge in [0, 0.05) is 13.7 Å². The fourth-order valence-corrected chi connectivity index (χ4v) is 1.70. The molecule has 0 aliphatic heterocycles. The molecule has 0 heterocycles. The molecule has 1 atom stereocenters. The van der Waals surface area contributed by atoms with Crippen molar-refractivity contribution in [1.82, 2.24) is 0 Å². The maximum Gasteiger partial charge on any atom is 0.165 e. The van der Waals surface area contributed by atoms with Crippen molar-refractivity contribution in [3.63, 3.8) is 0 Å². The van der Waals surface area contributed by atoms with Gasteiger partial charge in [-0.15, -0.1) is 0 Å². The standard InChI is InChI=1S/C12H18FNO3/c1-12(7-14,17-4)10-9(15-2)6-5-8(13)11(10)16-3/h5-6H,7,14H2,1-4H3. The maximum absolute atomic E-state index is 13.7. The zero-order valence-electron chi connectivity index (χ0n) is 10.5. The summed E-state index contributed by atoms with van der Waals surface area (Å²) in [5, 5.41) is 0. The summed E-state index contributed by atoms with van der Waals surface area (Å²) in [6.45, 7) is 1.94. The molecule has 0 radical (unpaired) electrons. The first-order valence-electron chi connectivity index (χ1n) is 5.20. The van der Waals surface area contributed by atoms with Crippen LogP contribution in [-0.4, -0.2) is 27.9 Å². The zero-order chi connectivity index (χ0) is 13.1. The highest BCUT2D eigenvalue weighted by Crippen LogP contribution is 2.40. The Morgan fingerprint density at radius 3 is 2.29 bits per heavy atom. The van der Waals surface area contributed by atoms with Crippen LogP contribution in [0.15, 0.2) is 12.1 Å². The number of methoxy groups -OCH3 is 3. The van der Waals surface area contributed by atoms with Crippen LogP contribution in [0, 0.1) is 5.82 Å². The molecular weight excluding hydrogens is 225 g/mol. The molecule has 0 saturated heterocycles. The van der Waals surface area contributed by atoms with Crippen LogP contribution in [0.4, 0.5) is 4.39 Å². The Morgan fingerprint density at radius 1 is 1.24 bits per heavy atom. The van der Waals surface area contributed by atoms with Gasteiger partial charge in [-0.25, -0.2) is 4.39 Å². The molecule has 1 rings (SSSR count). The monoisotopic (exact) mass is 243 g/mol. The van der Waals surface area contributed by atoms with Crippen molar-refractivity contribution in [2.75, 3.05) is 27.9 Å². The number of hydrogen-bond acceptors (Lipinski definition) is 4. The summed E-state index contributed by atoms with van der Waals surface area (Å²) in [5.74, 6) is 0.109. The summed E-state index contributed by atoms with van der Waals surface area (Å²) in [5.41, 5.74) is 5.31. The third-order valence-corrected chi connectivity index (χ3v) is 2.86. The highest BCUT2D eigenvalue weighted by atomic mass is 19.1. The highest BCUT2D eigenvalue weighted by molar-refractivity contribution is 5.49. The Morgan fingerprint density at radius 2 is 1.88 bits per heavy atom. The van der Waals surface area contributed by atoms with Crippen LogP contribution in [0.3, 0.4) is 0 Å². The van der Waals surface area contributed by atoms with E-state index in [-0.39, 0.29) is 12.3 Å². The van der Waals surface area contributed by atoms with Gasteiger partial charge < -0.3 is 19.9 Å². The van der Waals surface area contributed by atoms with Crippen LogP contribution in [0.25, 0.3) is 0 Å². The third-order valence-electron chi connectivity index (χ3n) is 2.86. The fourth-order valence-electron chi connectivity index (χ4n) is 1.70. The van der Waals surface area contributed by atoms with Gasteiger partial charge in [-0.1, -0.05) is 0 Å². The second-order valence-corrected chi connectivity index (χ2v) is 3.80. The number of ether oxygens (including phenoxy) is 3. The van der Waals surface area contributed by atoms with E-state index in [1.54, 1.807) is 6.92 Å². The van der Waals surface area contributed by atoms with Crippen LogP contribution in [0.5, 0.6) is 11.5 Å². The zero-order valence-corrected chi connectivity index (χ0v) is 10.5. The molecule has 0 aromatic heterocycles. The molecule has 0 spiro atoms. The molecule has 0 fully saturated rings. The summed E-state index contributed by atoms with van der Waals surface area (Å²) in [6.07, 6.45) is 0. The molecule has 0 saturated carbocycles. The molecule has 96 valence electrons. The minimum absolute atomic E-state index is 0.0964. The molecule has 2 N–H and O–H groups in total. The number of rotatable bonds is 5. The van der Waals surface area contributed by atoms with Crippen molar-refractivity contribution >= 4 is 0 Å². The molecular formula is C12H18FNO3. The van der Waals surface area contributed by atoms with E-state index in [0.717, 1.165) is 0 Å². The van der Waals surface area contributed by atoms with Crippen LogP contribution < -0.4 is 15.2 Å². The minimum Gasteiger partial charge on any atom is -0.496 e. The molecule has 0 aliphatic carbocycles. The van der Waals surface area contributed by atoms with Crippen molar-refractivity contribution in [1.29, 1.82) is 0 Å². The molecule has 0 aliphatic rings. The molecule has 1 unspecified atom stereocenters. The van der Waals surface area contributed by atoms with Gasteiger partial charge in [-0.05, 0) is 19.1 Å². The highest BCUT2D eigenvalue weighted by Gasteiger charge is 2.33. The van der Waals surface area contributed by atoms with E-state index in [1.807, 2.05) is 0 Å². The normalized spacial score (nSPS) is 14.2. The summed E-state index contributed by atoms with van der Waals surface area (Å²) in [4.78, 5) is 0. The van der Waals surface area contributed by atoms with Gasteiger partial charge in [0.2, 0.25) is 0 Å². The predicted octanol–water partition coefficient (Wildman–Crippen LogP) is 1.66. The smallest absolute Gasteiger partial charge is 0.165 e. The number of benzene rings is 1. The SMILES string of the molecule is COc1ccc(F)c(OC)c1C(C)(CN)OC. The predicted molar refractivity (Wildman–Crippen MR) is 62.9 cm³/mol. The lowest BCUT2D eigenvalue weighted by Crippen LogP contribution is -2.34. The van der Waals surface area contributed by atoms with Gasteiger partial charge >= 0.3 is 0 Å². The lowest BCUT2D eigenvalue weighted by molar-refractivity contribution is 0.00588. The van der Waals surface area contributed by atoms with Gasteiger partial charge in [0.1, 0.15) is 11.4 Å². The summed E-state index contributed by atoms with van der Waals surface area (Å²) in [6, 6.07) is 2.81. The molecule has 5 heteroatoms. The maximum atomic E-state index is 13.7. The van der Waals surface area contributed by atoms with Crippen molar-refractivity contribution in [3.05, 3.63) is 23.5 Å². The van der Waals surface area contributed by atoms with Gasteiger partial charge in [-0.2, -0.15) is 0 Å². The minimum atomic E-state index is -0.862. The van der Waals surface area contributed by atoms with Crippen LogP contribution >= 0.6 is 0 Å². The van der Waals surface area contributed by atoms with E-state index >= 15 is 0 Å². The van der Waals surface area contributed by atoms with Crippen molar-refractivity contribution in [2.45, 2.75) is 12.5 Å². The molecule has 4 nitrogen and oxygen atoms in total. The Bertz CT molecular complexity index is 392. The van der Waals surface area contributed by atoms with E-state index in [2.05, 4.69) is 0 Å². The second kappa shape index (κ2) is 5.33. The lowest BCUT2D eigenvalue weighted by Gasteiger charge is -2.30. The van der Waals surface area contributed by atoms with Crippen molar-refractivity contribution < 1.29 is 18.6 Å². The number of nitrogens with two attached hydrogens (primary N) is 1. The first kappa shape index (κ1) is 13.7. The van der Waals surface area contributed by atoms with Crippen molar-refractivity contribution in [2.24, 2.45) is 5.73 Å². The molecule has 1 aromatic carbocycles. The van der Waals surface area contributed by atoms with Gasteiger partial charge in [-0.3, -0.25) is 0 Å². The van der Waals surface area contributed by atoms with E-state index in [1.165, 1.54) is 33.5 Å². The number of hydrogen-bond donors (Lipinski definition) is 1. The fraction of sp³-hybridized carbons (Fsp3) is 0.500.